The van der Waals surface area contributed by atoms with Crippen molar-refractivity contribution in [3.05, 3.63) is 11.9 Å². The van der Waals surface area contributed by atoms with Crippen LogP contribution in [0.15, 0.2) is 6.20 Å². The molecular formula is C8H15N3O. The Balaban J connectivity index is 2.41. The number of hydrogen-bond donors (Lipinski definition) is 2. The second-order valence-corrected chi connectivity index (χ2v) is 2.92. The minimum atomic E-state index is 0.278. The highest BCUT2D eigenvalue weighted by atomic mass is 16.5. The van der Waals surface area contributed by atoms with Crippen molar-refractivity contribution in [2.24, 2.45) is 0 Å². The first-order chi connectivity index (χ1) is 5.72. The zero-order valence-corrected chi connectivity index (χ0v) is 7.72. The van der Waals surface area contributed by atoms with Gasteiger partial charge in [0.05, 0.1) is 6.61 Å². The van der Waals surface area contributed by atoms with E-state index in [2.05, 4.69) is 15.3 Å². The molecule has 0 saturated heterocycles. The van der Waals surface area contributed by atoms with Crippen LogP contribution < -0.4 is 5.32 Å². The first kappa shape index (κ1) is 9.06. The van der Waals surface area contributed by atoms with Crippen LogP contribution in [0.25, 0.3) is 0 Å². The number of anilines is 1. The van der Waals surface area contributed by atoms with Crippen molar-refractivity contribution in [2.75, 3.05) is 19.0 Å². The van der Waals surface area contributed by atoms with Crippen molar-refractivity contribution in [3.63, 3.8) is 0 Å². The number of nitrogens with one attached hydrogen (secondary N) is 2. The van der Waals surface area contributed by atoms with Crippen LogP contribution in [0, 0.1) is 6.92 Å². The molecule has 0 aliphatic heterocycles. The zero-order valence-electron chi connectivity index (χ0n) is 7.72. The van der Waals surface area contributed by atoms with Gasteiger partial charge in [-0.3, -0.25) is 0 Å². The lowest BCUT2D eigenvalue weighted by molar-refractivity contribution is 0.190. The molecular weight excluding hydrogens is 154 g/mol. The summed E-state index contributed by atoms with van der Waals surface area (Å²) in [5.41, 5.74) is 1.06. The van der Waals surface area contributed by atoms with Crippen molar-refractivity contribution < 1.29 is 4.74 Å². The van der Waals surface area contributed by atoms with Gasteiger partial charge in [-0.05, 0) is 13.8 Å². The molecule has 4 heteroatoms. The van der Waals surface area contributed by atoms with E-state index in [0.29, 0.717) is 6.61 Å². The van der Waals surface area contributed by atoms with Crippen LogP contribution in [-0.4, -0.2) is 29.7 Å². The molecule has 1 unspecified atom stereocenters. The SMILES string of the molecule is COCC(C)Nc1ncc(C)[nH]1. The van der Waals surface area contributed by atoms with Crippen molar-refractivity contribution in [1.29, 1.82) is 0 Å². The molecule has 0 amide bonds. The molecule has 1 rings (SSSR count). The van der Waals surface area contributed by atoms with E-state index < -0.39 is 0 Å². The number of ether oxygens (including phenoxy) is 1. The molecule has 0 aliphatic carbocycles. The van der Waals surface area contributed by atoms with Gasteiger partial charge in [0.2, 0.25) is 5.95 Å². The molecule has 2 N–H and O–H groups in total. The Morgan fingerprint density at radius 3 is 3.00 bits per heavy atom. The van der Waals surface area contributed by atoms with Crippen LogP contribution in [0.1, 0.15) is 12.6 Å². The molecule has 0 spiro atoms. The summed E-state index contributed by atoms with van der Waals surface area (Å²) in [6.45, 7) is 4.69. The third-order valence-electron chi connectivity index (χ3n) is 1.50. The van der Waals surface area contributed by atoms with E-state index in [9.17, 15) is 0 Å². The molecule has 1 aromatic rings. The molecule has 1 atom stereocenters. The lowest BCUT2D eigenvalue weighted by atomic mass is 10.4. The van der Waals surface area contributed by atoms with Gasteiger partial charge < -0.3 is 15.0 Å². The molecule has 0 bridgehead atoms. The summed E-state index contributed by atoms with van der Waals surface area (Å²) in [7, 11) is 1.69. The Bertz CT molecular complexity index is 234. The van der Waals surface area contributed by atoms with E-state index in [0.717, 1.165) is 11.6 Å². The Labute approximate surface area is 72.3 Å². The topological polar surface area (TPSA) is 49.9 Å². The van der Waals surface area contributed by atoms with Crippen LogP contribution in [0.5, 0.6) is 0 Å². The summed E-state index contributed by atoms with van der Waals surface area (Å²) in [4.78, 5) is 7.20. The molecule has 0 saturated carbocycles. The summed E-state index contributed by atoms with van der Waals surface area (Å²) >= 11 is 0. The highest BCUT2D eigenvalue weighted by molar-refractivity contribution is 5.26. The van der Waals surface area contributed by atoms with E-state index in [1.807, 2.05) is 13.8 Å². The number of nitrogens with zero attached hydrogens (tertiary/aromatic N) is 1. The average molecular weight is 169 g/mol. The van der Waals surface area contributed by atoms with Gasteiger partial charge in [0.25, 0.3) is 0 Å². The number of imidazole rings is 1. The maximum atomic E-state index is 4.98. The third kappa shape index (κ3) is 2.54. The molecule has 68 valence electrons. The van der Waals surface area contributed by atoms with Crippen LogP contribution >= 0.6 is 0 Å². The van der Waals surface area contributed by atoms with E-state index in [4.69, 9.17) is 4.74 Å². The lowest BCUT2D eigenvalue weighted by Gasteiger charge is -2.10. The maximum absolute atomic E-state index is 4.98. The number of aryl methyl sites for hydroxylation is 1. The van der Waals surface area contributed by atoms with Gasteiger partial charge in [0, 0.05) is 25.0 Å². The van der Waals surface area contributed by atoms with Crippen molar-refractivity contribution in [2.45, 2.75) is 19.9 Å². The number of methoxy groups -OCH3 is 1. The highest BCUT2D eigenvalue weighted by Gasteiger charge is 2.02. The fourth-order valence-electron chi connectivity index (χ4n) is 1.01. The lowest BCUT2D eigenvalue weighted by Crippen LogP contribution is -2.21. The standard InChI is InChI=1S/C8H15N3O/c1-6-4-9-8(10-6)11-7(2)5-12-3/h4,7H,5H2,1-3H3,(H2,9,10,11). The molecule has 0 radical (unpaired) electrons. The van der Waals surface area contributed by atoms with Gasteiger partial charge in [0.1, 0.15) is 0 Å². The van der Waals surface area contributed by atoms with Crippen molar-refractivity contribution in [1.82, 2.24) is 9.97 Å². The minimum absolute atomic E-state index is 0.278. The van der Waals surface area contributed by atoms with Crippen LogP contribution in [0.3, 0.4) is 0 Å². The average Bonchev–Trinajstić information content (AvgIpc) is 2.36. The largest absolute Gasteiger partial charge is 0.383 e. The van der Waals surface area contributed by atoms with Gasteiger partial charge in [-0.2, -0.15) is 0 Å². The van der Waals surface area contributed by atoms with E-state index >= 15 is 0 Å². The third-order valence-corrected chi connectivity index (χ3v) is 1.50. The number of aromatic amines is 1. The number of H-pyrrole nitrogens is 1. The fraction of sp³-hybridized carbons (Fsp3) is 0.625. The zero-order chi connectivity index (χ0) is 8.97. The van der Waals surface area contributed by atoms with Crippen molar-refractivity contribution >= 4 is 5.95 Å². The molecule has 0 aliphatic rings. The van der Waals surface area contributed by atoms with Crippen LogP contribution in [-0.2, 0) is 4.74 Å². The molecule has 0 fully saturated rings. The number of aromatic nitrogens is 2. The number of rotatable bonds is 4. The quantitative estimate of drug-likeness (QED) is 0.711. The maximum Gasteiger partial charge on any atom is 0.200 e. The highest BCUT2D eigenvalue weighted by Crippen LogP contribution is 2.02. The first-order valence-electron chi connectivity index (χ1n) is 3.99. The van der Waals surface area contributed by atoms with Crippen molar-refractivity contribution in [3.8, 4) is 0 Å². The van der Waals surface area contributed by atoms with Gasteiger partial charge in [-0.25, -0.2) is 4.98 Å². The molecule has 0 aromatic carbocycles. The normalized spacial score (nSPS) is 12.9. The summed E-state index contributed by atoms with van der Waals surface area (Å²) in [6, 6.07) is 0.278. The Hall–Kier alpha value is -1.03. The monoisotopic (exact) mass is 169 g/mol. The molecule has 1 aromatic heterocycles. The summed E-state index contributed by atoms with van der Waals surface area (Å²) in [5.74, 6) is 0.803. The summed E-state index contributed by atoms with van der Waals surface area (Å²) < 4.78 is 4.98. The Morgan fingerprint density at radius 2 is 2.50 bits per heavy atom. The molecule has 4 nitrogen and oxygen atoms in total. The molecule has 1 heterocycles. The molecule has 12 heavy (non-hydrogen) atoms. The number of hydrogen-bond acceptors (Lipinski definition) is 3. The predicted octanol–water partition coefficient (Wildman–Crippen LogP) is 1.16. The second-order valence-electron chi connectivity index (χ2n) is 2.92. The van der Waals surface area contributed by atoms with E-state index in [1.165, 1.54) is 0 Å². The predicted molar refractivity (Wildman–Crippen MR) is 48.3 cm³/mol. The summed E-state index contributed by atoms with van der Waals surface area (Å²) in [5, 5.41) is 3.17. The van der Waals surface area contributed by atoms with Crippen LogP contribution in [0.2, 0.25) is 0 Å². The van der Waals surface area contributed by atoms with Gasteiger partial charge in [-0.1, -0.05) is 0 Å². The second kappa shape index (κ2) is 4.11. The van der Waals surface area contributed by atoms with E-state index in [-0.39, 0.29) is 6.04 Å². The summed E-state index contributed by atoms with van der Waals surface area (Å²) in [6.07, 6.45) is 1.79. The van der Waals surface area contributed by atoms with E-state index in [1.54, 1.807) is 13.3 Å². The fourth-order valence-corrected chi connectivity index (χ4v) is 1.01. The van der Waals surface area contributed by atoms with Gasteiger partial charge in [-0.15, -0.1) is 0 Å². The van der Waals surface area contributed by atoms with Gasteiger partial charge >= 0.3 is 0 Å². The smallest absolute Gasteiger partial charge is 0.200 e. The van der Waals surface area contributed by atoms with Gasteiger partial charge in [0.15, 0.2) is 0 Å². The minimum Gasteiger partial charge on any atom is -0.383 e. The van der Waals surface area contributed by atoms with Crippen LogP contribution in [0.4, 0.5) is 5.95 Å². The first-order valence-corrected chi connectivity index (χ1v) is 3.99. The Morgan fingerprint density at radius 1 is 1.75 bits per heavy atom. The Kier molecular flexibility index (Phi) is 3.10.